The Morgan fingerprint density at radius 2 is 2.06 bits per heavy atom. The highest BCUT2D eigenvalue weighted by Crippen LogP contribution is 2.26. The van der Waals surface area contributed by atoms with E-state index in [4.69, 9.17) is 0 Å². The van der Waals surface area contributed by atoms with E-state index in [0.717, 1.165) is 33.4 Å². The molecule has 0 amide bonds. The Labute approximate surface area is 104 Å². The van der Waals surface area contributed by atoms with Crippen molar-refractivity contribution in [2.45, 2.75) is 27.2 Å². The van der Waals surface area contributed by atoms with E-state index in [1.165, 1.54) is 0 Å². The molecule has 3 nitrogen and oxygen atoms in total. The van der Waals surface area contributed by atoms with Crippen molar-refractivity contribution in [3.05, 3.63) is 22.2 Å². The van der Waals surface area contributed by atoms with Crippen LogP contribution in [0.25, 0.3) is 11.0 Å². The average Bonchev–Trinajstić information content (AvgIpc) is 2.41. The molecule has 4 heteroatoms. The number of aromatic nitrogens is 3. The summed E-state index contributed by atoms with van der Waals surface area (Å²) in [6, 6.07) is 0. The predicted molar refractivity (Wildman–Crippen MR) is 69.5 cm³/mol. The summed E-state index contributed by atoms with van der Waals surface area (Å²) in [5.41, 5.74) is 2.06. The molecule has 0 bridgehead atoms. The lowest BCUT2D eigenvalue weighted by Gasteiger charge is -2.06. The minimum atomic E-state index is 0.584. The third-order valence-electron chi connectivity index (χ3n) is 2.59. The Balaban J connectivity index is 2.62. The van der Waals surface area contributed by atoms with E-state index >= 15 is 0 Å². The van der Waals surface area contributed by atoms with Gasteiger partial charge in [0.05, 0.1) is 11.1 Å². The molecule has 0 atom stereocenters. The molecular formula is C12H16BrN3. The fourth-order valence-corrected chi connectivity index (χ4v) is 2.67. The molecule has 0 aliphatic carbocycles. The molecule has 86 valence electrons. The van der Waals surface area contributed by atoms with Crippen LogP contribution in [0.1, 0.15) is 25.4 Å². The van der Waals surface area contributed by atoms with Crippen LogP contribution in [0, 0.1) is 12.8 Å². The highest BCUT2D eigenvalue weighted by molar-refractivity contribution is 9.10. The first kappa shape index (κ1) is 11.6. The van der Waals surface area contributed by atoms with Gasteiger partial charge in [0.1, 0.15) is 11.5 Å². The number of hydrogen-bond donors (Lipinski definition) is 0. The lowest BCUT2D eigenvalue weighted by atomic mass is 10.1. The van der Waals surface area contributed by atoms with Crippen molar-refractivity contribution in [2.24, 2.45) is 13.0 Å². The molecule has 0 saturated heterocycles. The lowest BCUT2D eigenvalue weighted by Crippen LogP contribution is -2.03. The molecule has 2 aromatic rings. The van der Waals surface area contributed by atoms with Gasteiger partial charge in [0.15, 0.2) is 0 Å². The van der Waals surface area contributed by atoms with Crippen LogP contribution in [0.5, 0.6) is 0 Å². The lowest BCUT2D eigenvalue weighted by molar-refractivity contribution is 0.620. The molecule has 0 spiro atoms. The highest BCUT2D eigenvalue weighted by atomic mass is 79.9. The zero-order chi connectivity index (χ0) is 11.9. The molecule has 0 saturated carbocycles. The van der Waals surface area contributed by atoms with Gasteiger partial charge in [-0.2, -0.15) is 0 Å². The van der Waals surface area contributed by atoms with Crippen molar-refractivity contribution in [1.29, 1.82) is 0 Å². The van der Waals surface area contributed by atoms with Crippen molar-refractivity contribution in [3.8, 4) is 0 Å². The molecule has 0 fully saturated rings. The summed E-state index contributed by atoms with van der Waals surface area (Å²) in [5, 5.41) is 1.12. The molecule has 2 aromatic heterocycles. The summed E-state index contributed by atoms with van der Waals surface area (Å²) in [5.74, 6) is 1.52. The maximum atomic E-state index is 4.62. The Kier molecular flexibility index (Phi) is 3.02. The normalized spacial score (nSPS) is 11.6. The Morgan fingerprint density at radius 3 is 2.69 bits per heavy atom. The number of rotatable bonds is 2. The van der Waals surface area contributed by atoms with Gasteiger partial charge < -0.3 is 4.57 Å². The van der Waals surface area contributed by atoms with Gasteiger partial charge in [-0.1, -0.05) is 13.8 Å². The maximum absolute atomic E-state index is 4.62. The van der Waals surface area contributed by atoms with Gasteiger partial charge in [-0.25, -0.2) is 9.97 Å². The average molecular weight is 282 g/mol. The van der Waals surface area contributed by atoms with E-state index in [0.29, 0.717) is 5.92 Å². The number of aryl methyl sites for hydroxylation is 2. The summed E-state index contributed by atoms with van der Waals surface area (Å²) in [6.45, 7) is 6.41. The fourth-order valence-electron chi connectivity index (χ4n) is 1.90. The summed E-state index contributed by atoms with van der Waals surface area (Å²) < 4.78 is 3.11. The van der Waals surface area contributed by atoms with Crippen molar-refractivity contribution in [2.75, 3.05) is 0 Å². The van der Waals surface area contributed by atoms with E-state index in [1.807, 2.05) is 24.7 Å². The van der Waals surface area contributed by atoms with Crippen LogP contribution in [0.2, 0.25) is 0 Å². The first-order chi connectivity index (χ1) is 7.49. The van der Waals surface area contributed by atoms with Crippen molar-refractivity contribution in [3.63, 3.8) is 0 Å². The predicted octanol–water partition coefficient (Wildman–Crippen LogP) is 3.24. The van der Waals surface area contributed by atoms with Crippen LogP contribution < -0.4 is 0 Å². The van der Waals surface area contributed by atoms with Crippen LogP contribution in [0.4, 0.5) is 0 Å². The van der Waals surface area contributed by atoms with Gasteiger partial charge in [-0.3, -0.25) is 0 Å². The minimum absolute atomic E-state index is 0.584. The van der Waals surface area contributed by atoms with Crippen molar-refractivity contribution < 1.29 is 0 Å². The Hall–Kier alpha value is -0.900. The van der Waals surface area contributed by atoms with Gasteiger partial charge in [0.25, 0.3) is 0 Å². The second-order valence-electron chi connectivity index (χ2n) is 4.61. The van der Waals surface area contributed by atoms with Crippen molar-refractivity contribution >= 4 is 27.0 Å². The Morgan fingerprint density at radius 1 is 1.38 bits per heavy atom. The zero-order valence-electron chi connectivity index (χ0n) is 10.1. The van der Waals surface area contributed by atoms with E-state index < -0.39 is 0 Å². The number of hydrogen-bond acceptors (Lipinski definition) is 2. The monoisotopic (exact) mass is 281 g/mol. The summed E-state index contributed by atoms with van der Waals surface area (Å²) in [6.07, 6.45) is 2.96. The molecule has 16 heavy (non-hydrogen) atoms. The highest BCUT2D eigenvalue weighted by Gasteiger charge is 2.12. The molecule has 0 radical (unpaired) electrons. The van der Waals surface area contributed by atoms with E-state index in [-0.39, 0.29) is 0 Å². The third-order valence-corrected chi connectivity index (χ3v) is 3.19. The zero-order valence-corrected chi connectivity index (χ0v) is 11.7. The van der Waals surface area contributed by atoms with Crippen LogP contribution in [0.3, 0.4) is 0 Å². The smallest absolute Gasteiger partial charge is 0.144 e. The molecule has 2 heterocycles. The number of fused-ring (bicyclic) bond motifs is 1. The molecule has 0 aromatic carbocycles. The molecule has 0 N–H and O–H groups in total. The van der Waals surface area contributed by atoms with E-state index in [9.17, 15) is 0 Å². The molecule has 0 unspecified atom stereocenters. The second kappa shape index (κ2) is 4.17. The largest absolute Gasteiger partial charge is 0.334 e. The summed E-state index contributed by atoms with van der Waals surface area (Å²) >= 11 is 3.54. The Bertz CT molecular complexity index is 529. The van der Waals surface area contributed by atoms with E-state index in [1.54, 1.807) is 0 Å². The maximum Gasteiger partial charge on any atom is 0.144 e. The molecular weight excluding hydrogens is 266 g/mol. The van der Waals surface area contributed by atoms with Gasteiger partial charge >= 0.3 is 0 Å². The summed E-state index contributed by atoms with van der Waals surface area (Å²) in [7, 11) is 2.01. The third kappa shape index (κ3) is 1.98. The van der Waals surface area contributed by atoms with E-state index in [2.05, 4.69) is 39.7 Å². The van der Waals surface area contributed by atoms with Gasteiger partial charge in [0.2, 0.25) is 0 Å². The summed E-state index contributed by atoms with van der Waals surface area (Å²) in [4.78, 5) is 9.18. The first-order valence-electron chi connectivity index (χ1n) is 5.47. The second-order valence-corrected chi connectivity index (χ2v) is 5.46. The number of halogens is 1. The standard InChI is InChI=1S/C12H16BrN3/c1-7(2)5-10-14-8(3)11-9(13)6-16(4)12(11)15-10/h6-7H,5H2,1-4H3. The molecule has 0 aliphatic heterocycles. The van der Waals surface area contributed by atoms with Gasteiger partial charge in [-0.05, 0) is 28.8 Å². The van der Waals surface area contributed by atoms with Gasteiger partial charge in [0, 0.05) is 24.1 Å². The topological polar surface area (TPSA) is 30.7 Å². The SMILES string of the molecule is Cc1nc(CC(C)C)nc2c1c(Br)cn2C. The van der Waals surface area contributed by atoms with Crippen LogP contribution in [-0.2, 0) is 13.5 Å². The molecule has 0 aliphatic rings. The molecule has 2 rings (SSSR count). The van der Waals surface area contributed by atoms with Crippen LogP contribution in [-0.4, -0.2) is 14.5 Å². The van der Waals surface area contributed by atoms with Crippen LogP contribution >= 0.6 is 15.9 Å². The van der Waals surface area contributed by atoms with Crippen LogP contribution in [0.15, 0.2) is 10.7 Å². The van der Waals surface area contributed by atoms with Gasteiger partial charge in [-0.15, -0.1) is 0 Å². The quantitative estimate of drug-likeness (QED) is 0.846. The minimum Gasteiger partial charge on any atom is -0.334 e. The van der Waals surface area contributed by atoms with Crippen molar-refractivity contribution in [1.82, 2.24) is 14.5 Å². The first-order valence-corrected chi connectivity index (χ1v) is 6.26. The fraction of sp³-hybridized carbons (Fsp3) is 0.500. The number of nitrogens with zero attached hydrogens (tertiary/aromatic N) is 3.